The largest absolute Gasteiger partial charge is 0.463 e. The van der Waals surface area contributed by atoms with Gasteiger partial charge < -0.3 is 4.74 Å². The number of ether oxygens (including phenoxy) is 1. The van der Waals surface area contributed by atoms with E-state index in [1.165, 1.54) is 78.3 Å². The highest BCUT2D eigenvalue weighted by molar-refractivity contribution is 7.84. The first-order valence-electron chi connectivity index (χ1n) is 10.6. The molecule has 0 atom stereocenters. The summed E-state index contributed by atoms with van der Waals surface area (Å²) in [5.74, 6) is -0.288. The second-order valence-corrected chi connectivity index (χ2v) is 9.10. The summed E-state index contributed by atoms with van der Waals surface area (Å²) in [6.45, 7) is 2.06. The lowest BCUT2D eigenvalue weighted by atomic mass is 10.0. The number of unbranched alkanes of at least 4 members (excludes halogenated alkanes) is 12. The molecular weight excluding hydrogens is 366 g/mol. The lowest BCUT2D eigenvalue weighted by Gasteiger charge is -2.11. The molecule has 0 fully saturated rings. The van der Waals surface area contributed by atoms with Crippen LogP contribution in [0.2, 0.25) is 0 Å². The third kappa shape index (κ3) is 17.2. The summed E-state index contributed by atoms with van der Waals surface area (Å²) in [4.78, 5) is 11.6. The van der Waals surface area contributed by atoms with Gasteiger partial charge in [-0.15, -0.1) is 0 Å². The van der Waals surface area contributed by atoms with Crippen LogP contribution in [-0.2, 0) is 24.0 Å². The van der Waals surface area contributed by atoms with Crippen LogP contribution >= 0.6 is 0 Å². The highest BCUT2D eigenvalue weighted by Gasteiger charge is 2.14. The molecule has 0 spiro atoms. The highest BCUT2D eigenvalue weighted by atomic mass is 32.2. The van der Waals surface area contributed by atoms with Gasteiger partial charge in [-0.25, -0.2) is 0 Å². The van der Waals surface area contributed by atoms with Gasteiger partial charge in [0, 0.05) is 20.5 Å². The highest BCUT2D eigenvalue weighted by Crippen LogP contribution is 2.13. The third-order valence-corrected chi connectivity index (χ3v) is 5.87. The van der Waals surface area contributed by atoms with E-state index in [0.29, 0.717) is 6.42 Å². The van der Waals surface area contributed by atoms with Gasteiger partial charge in [-0.2, -0.15) is 12.7 Å². The van der Waals surface area contributed by atoms with E-state index < -0.39 is 10.3 Å². The van der Waals surface area contributed by atoms with Crippen molar-refractivity contribution in [1.29, 1.82) is 0 Å². The second-order valence-electron chi connectivity index (χ2n) is 7.28. The van der Waals surface area contributed by atoms with E-state index in [1.807, 2.05) is 0 Å². The zero-order valence-electron chi connectivity index (χ0n) is 17.7. The molecule has 0 unspecified atom stereocenters. The summed E-state index contributed by atoms with van der Waals surface area (Å²) in [7, 11) is -0.926. The van der Waals surface area contributed by atoms with Gasteiger partial charge in [0.2, 0.25) is 0 Å². The third-order valence-electron chi connectivity index (χ3n) is 4.51. The molecule has 0 aliphatic carbocycles. The molecule has 0 rings (SSSR count). The number of hydrogen-bond acceptors (Lipinski definition) is 5. The van der Waals surface area contributed by atoms with E-state index in [0.717, 1.165) is 23.6 Å². The molecule has 0 aromatic rings. The van der Waals surface area contributed by atoms with Gasteiger partial charge in [-0.05, 0) is 6.42 Å². The fourth-order valence-electron chi connectivity index (χ4n) is 2.76. The molecule has 6 nitrogen and oxygen atoms in total. The summed E-state index contributed by atoms with van der Waals surface area (Å²) in [5.41, 5.74) is 0. The Kier molecular flexibility index (Phi) is 17.0. The van der Waals surface area contributed by atoms with Crippen molar-refractivity contribution >= 4 is 16.3 Å². The normalized spacial score (nSPS) is 11.9. The fourth-order valence-corrected chi connectivity index (χ4v) is 3.25. The Balaban J connectivity index is 3.32. The van der Waals surface area contributed by atoms with Crippen molar-refractivity contribution in [2.24, 2.45) is 0 Å². The monoisotopic (exact) mass is 407 g/mol. The van der Waals surface area contributed by atoms with Crippen molar-refractivity contribution in [3.63, 3.8) is 0 Å². The van der Waals surface area contributed by atoms with E-state index in [4.69, 9.17) is 4.74 Å². The average molecular weight is 408 g/mol. The summed E-state index contributed by atoms with van der Waals surface area (Å²) in [6.07, 6.45) is 16.8. The van der Waals surface area contributed by atoms with Gasteiger partial charge in [-0.3, -0.25) is 8.98 Å². The lowest BCUT2D eigenvalue weighted by Crippen LogP contribution is -2.26. The first-order chi connectivity index (χ1) is 12.9. The van der Waals surface area contributed by atoms with Gasteiger partial charge in [0.1, 0.15) is 13.2 Å². The molecule has 0 aromatic carbocycles. The van der Waals surface area contributed by atoms with Crippen molar-refractivity contribution in [1.82, 2.24) is 4.31 Å². The smallest absolute Gasteiger partial charge is 0.337 e. The van der Waals surface area contributed by atoms with Crippen LogP contribution in [0.4, 0.5) is 0 Å². The average Bonchev–Trinajstić information content (AvgIpc) is 2.62. The second kappa shape index (κ2) is 17.4. The van der Waals surface area contributed by atoms with Crippen LogP contribution in [0, 0.1) is 0 Å². The minimum absolute atomic E-state index is 0.0374. The maximum absolute atomic E-state index is 11.6. The Hall–Kier alpha value is -0.660. The molecule has 0 aliphatic heterocycles. The molecule has 0 amide bonds. The zero-order chi connectivity index (χ0) is 20.4. The summed E-state index contributed by atoms with van der Waals surface area (Å²) in [5, 5.41) is 0. The van der Waals surface area contributed by atoms with Crippen molar-refractivity contribution in [2.45, 2.75) is 96.8 Å². The number of carbonyl (C=O) groups is 1. The number of esters is 1. The molecule has 0 radical (unpaired) electrons. The van der Waals surface area contributed by atoms with Gasteiger partial charge in [-0.1, -0.05) is 84.0 Å². The van der Waals surface area contributed by atoms with E-state index in [9.17, 15) is 13.2 Å². The quantitative estimate of drug-likeness (QED) is 0.226. The minimum Gasteiger partial charge on any atom is -0.463 e. The Morgan fingerprint density at radius 3 is 1.63 bits per heavy atom. The Bertz CT molecular complexity index is 451. The standard InChI is InChI=1S/C20H41NO5S/c1-4-5-6-7-8-9-10-11-12-13-14-15-16-17-20(22)25-18-19-26-27(23,24)21(2)3/h4-19H2,1-3H3. The van der Waals surface area contributed by atoms with E-state index in [-0.39, 0.29) is 19.2 Å². The number of carbonyl (C=O) groups excluding carboxylic acids is 1. The number of hydrogen-bond donors (Lipinski definition) is 0. The topological polar surface area (TPSA) is 72.9 Å². The molecular formula is C20H41NO5S. The van der Waals surface area contributed by atoms with Crippen LogP contribution in [-0.4, -0.2) is 46.0 Å². The van der Waals surface area contributed by atoms with Gasteiger partial charge in [0.25, 0.3) is 0 Å². The Morgan fingerprint density at radius 2 is 1.19 bits per heavy atom. The van der Waals surface area contributed by atoms with Gasteiger partial charge in [0.05, 0.1) is 0 Å². The van der Waals surface area contributed by atoms with Crippen molar-refractivity contribution < 1.29 is 22.1 Å². The van der Waals surface area contributed by atoms with E-state index >= 15 is 0 Å². The predicted octanol–water partition coefficient (Wildman–Crippen LogP) is 4.83. The molecule has 0 bridgehead atoms. The maximum Gasteiger partial charge on any atom is 0.337 e. The molecule has 0 saturated heterocycles. The molecule has 0 heterocycles. The van der Waals surface area contributed by atoms with Crippen LogP contribution in [0.1, 0.15) is 96.8 Å². The molecule has 27 heavy (non-hydrogen) atoms. The van der Waals surface area contributed by atoms with Crippen molar-refractivity contribution in [3.05, 3.63) is 0 Å². The zero-order valence-corrected chi connectivity index (χ0v) is 18.5. The van der Waals surface area contributed by atoms with Gasteiger partial charge in [0.15, 0.2) is 0 Å². The Morgan fingerprint density at radius 1 is 0.741 bits per heavy atom. The first kappa shape index (κ1) is 26.3. The molecule has 162 valence electrons. The Labute approximate surface area is 167 Å². The lowest BCUT2D eigenvalue weighted by molar-refractivity contribution is -0.144. The van der Waals surface area contributed by atoms with Gasteiger partial charge >= 0.3 is 16.3 Å². The van der Waals surface area contributed by atoms with Crippen LogP contribution < -0.4 is 0 Å². The first-order valence-corrected chi connectivity index (χ1v) is 12.0. The predicted molar refractivity (Wildman–Crippen MR) is 110 cm³/mol. The van der Waals surface area contributed by atoms with Crippen molar-refractivity contribution in [3.8, 4) is 0 Å². The number of nitrogens with zero attached hydrogens (tertiary/aromatic N) is 1. The van der Waals surface area contributed by atoms with E-state index in [2.05, 4.69) is 11.1 Å². The minimum atomic E-state index is -3.70. The van der Waals surface area contributed by atoms with Crippen molar-refractivity contribution in [2.75, 3.05) is 27.3 Å². The van der Waals surface area contributed by atoms with Crippen LogP contribution in [0.3, 0.4) is 0 Å². The summed E-state index contributed by atoms with van der Waals surface area (Å²) < 4.78 is 33.3. The van der Waals surface area contributed by atoms with Crippen LogP contribution in [0.15, 0.2) is 0 Å². The molecule has 0 N–H and O–H groups in total. The maximum atomic E-state index is 11.6. The molecule has 0 aliphatic rings. The fraction of sp³-hybridized carbons (Fsp3) is 0.950. The summed E-state index contributed by atoms with van der Waals surface area (Å²) in [6, 6.07) is 0. The van der Waals surface area contributed by atoms with Crippen LogP contribution in [0.5, 0.6) is 0 Å². The molecule has 7 heteroatoms. The van der Waals surface area contributed by atoms with E-state index in [1.54, 1.807) is 0 Å². The SMILES string of the molecule is CCCCCCCCCCCCCCCC(=O)OCCOS(=O)(=O)N(C)C. The van der Waals surface area contributed by atoms with Crippen LogP contribution in [0.25, 0.3) is 0 Å². The molecule has 0 aromatic heterocycles. The number of rotatable bonds is 19. The summed E-state index contributed by atoms with van der Waals surface area (Å²) >= 11 is 0. The molecule has 0 saturated carbocycles.